The minimum Gasteiger partial charge on any atom is -0.374 e. The molecule has 1 saturated heterocycles. The predicted molar refractivity (Wildman–Crippen MR) is 69.3 cm³/mol. The fraction of sp³-hybridized carbons (Fsp3) is 0.538. The van der Waals surface area contributed by atoms with Crippen LogP contribution in [-0.4, -0.2) is 18.2 Å². The van der Waals surface area contributed by atoms with Crippen LogP contribution in [0.15, 0.2) is 16.6 Å². The lowest BCUT2D eigenvalue weighted by atomic mass is 9.89. The van der Waals surface area contributed by atoms with Crippen molar-refractivity contribution >= 4 is 15.9 Å². The van der Waals surface area contributed by atoms with E-state index >= 15 is 0 Å². The van der Waals surface area contributed by atoms with Crippen molar-refractivity contribution in [1.82, 2.24) is 0 Å². The Morgan fingerprint density at radius 3 is 2.83 bits per heavy atom. The Kier molecular flexibility index (Phi) is 4.04. The monoisotopic (exact) mass is 319 g/mol. The summed E-state index contributed by atoms with van der Waals surface area (Å²) in [5, 5.41) is 0. The van der Waals surface area contributed by atoms with E-state index in [-0.39, 0.29) is 16.5 Å². The summed E-state index contributed by atoms with van der Waals surface area (Å²) in [5.41, 5.74) is 5.60. The molecule has 2 rings (SSSR count). The van der Waals surface area contributed by atoms with Crippen LogP contribution in [0.3, 0.4) is 0 Å². The van der Waals surface area contributed by atoms with Crippen LogP contribution in [0, 0.1) is 11.6 Å². The molecule has 0 aliphatic carbocycles. The molecule has 2 atom stereocenters. The number of ether oxygens (including phenoxy) is 1. The van der Waals surface area contributed by atoms with Crippen molar-refractivity contribution in [2.45, 2.75) is 37.8 Å². The van der Waals surface area contributed by atoms with Crippen LogP contribution in [0.5, 0.6) is 0 Å². The summed E-state index contributed by atoms with van der Waals surface area (Å²) < 4.78 is 33.4. The summed E-state index contributed by atoms with van der Waals surface area (Å²) in [7, 11) is 0. The molecule has 1 aliphatic rings. The Labute approximate surface area is 114 Å². The molecule has 0 saturated carbocycles. The third-order valence-electron chi connectivity index (χ3n) is 3.60. The van der Waals surface area contributed by atoms with Crippen molar-refractivity contribution in [3.63, 3.8) is 0 Å². The molecule has 1 aliphatic heterocycles. The average molecular weight is 320 g/mol. The molecular weight excluding hydrogens is 304 g/mol. The minimum atomic E-state index is -0.577. The van der Waals surface area contributed by atoms with Crippen molar-refractivity contribution in [3.05, 3.63) is 33.8 Å². The van der Waals surface area contributed by atoms with Crippen molar-refractivity contribution in [1.29, 1.82) is 0 Å². The first-order chi connectivity index (χ1) is 8.44. The fourth-order valence-electron chi connectivity index (χ4n) is 2.29. The molecular formula is C13H16BrF2NO. The van der Waals surface area contributed by atoms with E-state index in [1.807, 2.05) is 6.92 Å². The van der Waals surface area contributed by atoms with Gasteiger partial charge in [-0.15, -0.1) is 0 Å². The van der Waals surface area contributed by atoms with Gasteiger partial charge in [0.2, 0.25) is 0 Å². The van der Waals surface area contributed by atoms with Crippen LogP contribution in [0.2, 0.25) is 0 Å². The van der Waals surface area contributed by atoms with Gasteiger partial charge >= 0.3 is 0 Å². The Bertz CT molecular complexity index is 447. The molecule has 2 unspecified atom stereocenters. The summed E-state index contributed by atoms with van der Waals surface area (Å²) >= 11 is 3.05. The van der Waals surface area contributed by atoms with Gasteiger partial charge in [0.05, 0.1) is 10.1 Å². The van der Waals surface area contributed by atoms with Crippen molar-refractivity contribution in [2.24, 2.45) is 5.73 Å². The highest BCUT2D eigenvalue weighted by Crippen LogP contribution is 2.31. The summed E-state index contributed by atoms with van der Waals surface area (Å²) in [6, 6.07) is 2.18. The molecule has 1 heterocycles. The lowest BCUT2D eigenvalue weighted by Gasteiger charge is -2.30. The van der Waals surface area contributed by atoms with Gasteiger partial charge in [0.1, 0.15) is 11.6 Å². The van der Waals surface area contributed by atoms with Crippen LogP contribution in [0.1, 0.15) is 25.3 Å². The summed E-state index contributed by atoms with van der Waals surface area (Å²) in [6.45, 7) is 2.56. The van der Waals surface area contributed by atoms with Crippen LogP contribution in [-0.2, 0) is 11.2 Å². The normalized spacial score (nSPS) is 25.4. The Hall–Kier alpha value is -0.520. The Morgan fingerprint density at radius 2 is 2.22 bits per heavy atom. The molecule has 1 aromatic rings. The van der Waals surface area contributed by atoms with E-state index in [4.69, 9.17) is 10.5 Å². The average Bonchev–Trinajstić information content (AvgIpc) is 2.78. The quantitative estimate of drug-likeness (QED) is 0.868. The summed E-state index contributed by atoms with van der Waals surface area (Å²) in [6.07, 6.45) is 1.90. The molecule has 2 N–H and O–H groups in total. The van der Waals surface area contributed by atoms with E-state index in [2.05, 4.69) is 15.9 Å². The Morgan fingerprint density at radius 1 is 1.50 bits per heavy atom. The van der Waals surface area contributed by atoms with Gasteiger partial charge in [-0.05, 0) is 54.2 Å². The second-order valence-corrected chi connectivity index (χ2v) is 5.75. The highest BCUT2D eigenvalue weighted by atomic mass is 79.9. The zero-order valence-electron chi connectivity index (χ0n) is 10.2. The third kappa shape index (κ3) is 2.58. The number of halogens is 3. The van der Waals surface area contributed by atoms with E-state index in [9.17, 15) is 8.78 Å². The molecule has 5 heteroatoms. The van der Waals surface area contributed by atoms with Crippen LogP contribution in [0.4, 0.5) is 8.78 Å². The van der Waals surface area contributed by atoms with Gasteiger partial charge in [-0.25, -0.2) is 8.78 Å². The molecule has 0 spiro atoms. The topological polar surface area (TPSA) is 35.2 Å². The molecule has 18 heavy (non-hydrogen) atoms. The van der Waals surface area contributed by atoms with Gasteiger partial charge < -0.3 is 10.5 Å². The number of hydrogen-bond acceptors (Lipinski definition) is 2. The maximum atomic E-state index is 13.9. The van der Waals surface area contributed by atoms with Crippen molar-refractivity contribution in [3.8, 4) is 0 Å². The second kappa shape index (κ2) is 5.23. The summed E-state index contributed by atoms with van der Waals surface area (Å²) in [4.78, 5) is 0. The SMILES string of the molecule is CC1(C(N)Cc2c(F)ccc(Br)c2F)CCCO1. The lowest BCUT2D eigenvalue weighted by molar-refractivity contribution is -0.00125. The Balaban J connectivity index is 2.21. The molecule has 0 bridgehead atoms. The predicted octanol–water partition coefficient (Wildman–Crippen LogP) is 3.17. The van der Waals surface area contributed by atoms with Crippen LogP contribution >= 0.6 is 15.9 Å². The molecule has 1 fully saturated rings. The molecule has 0 radical (unpaired) electrons. The first-order valence-electron chi connectivity index (χ1n) is 5.96. The van der Waals surface area contributed by atoms with E-state index in [0.29, 0.717) is 6.61 Å². The zero-order valence-corrected chi connectivity index (χ0v) is 11.8. The van der Waals surface area contributed by atoms with Gasteiger partial charge in [0.15, 0.2) is 0 Å². The van der Waals surface area contributed by atoms with E-state index < -0.39 is 23.3 Å². The van der Waals surface area contributed by atoms with E-state index in [0.717, 1.165) is 12.8 Å². The van der Waals surface area contributed by atoms with Gasteiger partial charge in [-0.1, -0.05) is 0 Å². The largest absolute Gasteiger partial charge is 0.374 e. The van der Waals surface area contributed by atoms with Crippen LogP contribution in [0.25, 0.3) is 0 Å². The molecule has 100 valence electrons. The standard InChI is InChI=1S/C13H16BrF2NO/c1-13(5-2-6-18-13)11(17)7-8-10(15)4-3-9(14)12(8)16/h3-4,11H,2,5-7,17H2,1H3. The van der Waals surface area contributed by atoms with Crippen LogP contribution < -0.4 is 5.73 Å². The second-order valence-electron chi connectivity index (χ2n) is 4.90. The van der Waals surface area contributed by atoms with Crippen molar-refractivity contribution < 1.29 is 13.5 Å². The highest BCUT2D eigenvalue weighted by Gasteiger charge is 2.37. The summed E-state index contributed by atoms with van der Waals surface area (Å²) in [5.74, 6) is -1.14. The number of benzene rings is 1. The fourth-order valence-corrected chi connectivity index (χ4v) is 2.66. The van der Waals surface area contributed by atoms with Gasteiger partial charge in [-0.3, -0.25) is 0 Å². The first-order valence-corrected chi connectivity index (χ1v) is 6.75. The third-order valence-corrected chi connectivity index (χ3v) is 4.21. The maximum absolute atomic E-state index is 13.9. The highest BCUT2D eigenvalue weighted by molar-refractivity contribution is 9.10. The molecule has 0 aromatic heterocycles. The van der Waals surface area contributed by atoms with Gasteiger partial charge in [-0.2, -0.15) is 0 Å². The lowest BCUT2D eigenvalue weighted by Crippen LogP contribution is -2.46. The van der Waals surface area contributed by atoms with E-state index in [1.165, 1.54) is 12.1 Å². The molecule has 1 aromatic carbocycles. The maximum Gasteiger partial charge on any atom is 0.143 e. The number of hydrogen-bond donors (Lipinski definition) is 1. The van der Waals surface area contributed by atoms with E-state index in [1.54, 1.807) is 0 Å². The minimum absolute atomic E-state index is 0.0219. The first kappa shape index (κ1) is 13.9. The molecule has 0 amide bonds. The number of rotatable bonds is 3. The van der Waals surface area contributed by atoms with Gasteiger partial charge in [0, 0.05) is 18.2 Å². The molecule has 2 nitrogen and oxygen atoms in total. The zero-order chi connectivity index (χ0) is 13.3. The number of nitrogens with two attached hydrogens (primary N) is 1. The smallest absolute Gasteiger partial charge is 0.143 e. The van der Waals surface area contributed by atoms with Gasteiger partial charge in [0.25, 0.3) is 0 Å². The van der Waals surface area contributed by atoms with Crippen molar-refractivity contribution in [2.75, 3.05) is 6.61 Å².